The molecule has 0 radical (unpaired) electrons. The molecule has 3 aromatic rings. The summed E-state index contributed by atoms with van der Waals surface area (Å²) in [5.41, 5.74) is 5.67. The average molecular weight is 570 g/mol. The number of alkyl carbamates (subject to hydrolysis) is 1. The summed E-state index contributed by atoms with van der Waals surface area (Å²) in [5, 5.41) is 12.0. The van der Waals surface area contributed by atoms with E-state index in [4.69, 9.17) is 4.74 Å². The Bertz CT molecular complexity index is 1360. The van der Waals surface area contributed by atoms with Crippen molar-refractivity contribution in [1.82, 2.24) is 15.1 Å². The number of hydrogen-bond donors (Lipinski definition) is 2. The van der Waals surface area contributed by atoms with Crippen molar-refractivity contribution in [2.24, 2.45) is 5.92 Å². The van der Waals surface area contributed by atoms with E-state index in [1.54, 1.807) is 4.90 Å². The van der Waals surface area contributed by atoms with Gasteiger partial charge < -0.3 is 20.1 Å². The van der Waals surface area contributed by atoms with Gasteiger partial charge in [0.15, 0.2) is 0 Å². The lowest BCUT2D eigenvalue weighted by Gasteiger charge is -2.44. The molecule has 5 rings (SSSR count). The number of carboxylic acid groups (broad SMARTS) is 1. The summed E-state index contributed by atoms with van der Waals surface area (Å²) < 4.78 is 5.68. The maximum atomic E-state index is 13.7. The largest absolute Gasteiger partial charge is 0.481 e. The van der Waals surface area contributed by atoms with Crippen molar-refractivity contribution in [3.8, 4) is 11.1 Å². The molecular weight excluding hydrogens is 530 g/mol. The number of nitrogens with one attached hydrogen (secondary N) is 1. The molecule has 2 amide bonds. The molecule has 42 heavy (non-hydrogen) atoms. The Morgan fingerprint density at radius 1 is 0.905 bits per heavy atom. The normalized spacial score (nSPS) is 17.4. The second kappa shape index (κ2) is 13.2. The summed E-state index contributed by atoms with van der Waals surface area (Å²) in [5.74, 6) is -1.10. The van der Waals surface area contributed by atoms with Crippen molar-refractivity contribution < 1.29 is 24.2 Å². The highest BCUT2D eigenvalue weighted by atomic mass is 16.5. The molecule has 0 spiro atoms. The molecule has 0 aromatic heterocycles. The number of nitrogens with zero attached hydrogens (tertiary/aromatic N) is 2. The lowest BCUT2D eigenvalue weighted by Crippen LogP contribution is -2.59. The molecule has 2 aliphatic rings. The zero-order chi connectivity index (χ0) is 29.6. The van der Waals surface area contributed by atoms with Gasteiger partial charge in [0.05, 0.1) is 0 Å². The predicted molar refractivity (Wildman–Crippen MR) is 161 cm³/mol. The molecule has 8 heteroatoms. The first-order valence-corrected chi connectivity index (χ1v) is 14.7. The van der Waals surface area contributed by atoms with Crippen LogP contribution < -0.4 is 5.32 Å². The number of amides is 2. The highest BCUT2D eigenvalue weighted by Gasteiger charge is 2.35. The molecule has 8 nitrogen and oxygen atoms in total. The Morgan fingerprint density at radius 2 is 1.52 bits per heavy atom. The van der Waals surface area contributed by atoms with Gasteiger partial charge in [0.25, 0.3) is 0 Å². The highest BCUT2D eigenvalue weighted by molar-refractivity contribution is 5.86. The van der Waals surface area contributed by atoms with Crippen molar-refractivity contribution in [2.45, 2.75) is 51.2 Å². The maximum absolute atomic E-state index is 13.7. The van der Waals surface area contributed by atoms with Crippen LogP contribution in [0.25, 0.3) is 11.1 Å². The summed E-state index contributed by atoms with van der Waals surface area (Å²) >= 11 is 0. The summed E-state index contributed by atoms with van der Waals surface area (Å²) in [6.45, 7) is 6.92. The molecule has 220 valence electrons. The van der Waals surface area contributed by atoms with Gasteiger partial charge in [-0.1, -0.05) is 92.7 Å². The second-order valence-corrected chi connectivity index (χ2v) is 11.5. The second-order valence-electron chi connectivity index (χ2n) is 11.5. The zero-order valence-electron chi connectivity index (χ0n) is 24.2. The number of hydrogen-bond acceptors (Lipinski definition) is 5. The fourth-order valence-electron chi connectivity index (χ4n) is 6.22. The molecule has 2 unspecified atom stereocenters. The summed E-state index contributed by atoms with van der Waals surface area (Å²) in [6.07, 6.45) is -0.958. The van der Waals surface area contributed by atoms with E-state index in [0.717, 1.165) is 28.8 Å². The quantitative estimate of drug-likeness (QED) is 0.351. The third-order valence-electron chi connectivity index (χ3n) is 8.42. The standard InChI is InChI=1S/C34H39N3O5/c1-23(2)31-21-37(19-18-36(31)20-24-10-4-3-5-11-24)33(40)30(16-17-32(38)39)35-34(41)42-22-29-27-14-8-6-12-25(27)26-13-7-9-15-28(26)29/h3-15,23,29-31H,16-22H2,1-2H3,(H,35,41)(H,38,39). The Morgan fingerprint density at radius 3 is 2.14 bits per heavy atom. The SMILES string of the molecule is CC(C)C1CN(C(=O)C(CCC(=O)O)NC(=O)OCC2c3ccccc3-c3ccccc32)CCN1Cc1ccccc1. The van der Waals surface area contributed by atoms with Crippen LogP contribution in [0.1, 0.15) is 49.3 Å². The van der Waals surface area contributed by atoms with Crippen molar-refractivity contribution in [1.29, 1.82) is 0 Å². The van der Waals surface area contributed by atoms with E-state index in [1.807, 2.05) is 54.6 Å². The molecule has 1 heterocycles. The fraction of sp³-hybridized carbons (Fsp3) is 0.382. The van der Waals surface area contributed by atoms with E-state index in [9.17, 15) is 19.5 Å². The van der Waals surface area contributed by atoms with E-state index >= 15 is 0 Å². The molecule has 0 bridgehead atoms. The van der Waals surface area contributed by atoms with Crippen LogP contribution in [0, 0.1) is 5.92 Å². The van der Waals surface area contributed by atoms with E-state index in [2.05, 4.69) is 48.3 Å². The highest BCUT2D eigenvalue weighted by Crippen LogP contribution is 2.44. The molecule has 3 aromatic carbocycles. The lowest BCUT2D eigenvalue weighted by molar-refractivity contribution is -0.139. The van der Waals surface area contributed by atoms with Crippen molar-refractivity contribution in [3.63, 3.8) is 0 Å². The molecule has 1 aliphatic heterocycles. The van der Waals surface area contributed by atoms with Crippen LogP contribution in [0.4, 0.5) is 4.79 Å². The monoisotopic (exact) mass is 569 g/mol. The van der Waals surface area contributed by atoms with E-state index in [1.165, 1.54) is 5.56 Å². The number of carboxylic acids is 1. The fourth-order valence-corrected chi connectivity index (χ4v) is 6.22. The molecule has 0 saturated carbocycles. The van der Waals surface area contributed by atoms with E-state index < -0.39 is 18.1 Å². The summed E-state index contributed by atoms with van der Waals surface area (Å²) in [6, 6.07) is 25.6. The molecule has 2 atom stereocenters. The number of benzene rings is 3. The first-order valence-electron chi connectivity index (χ1n) is 14.7. The molecule has 1 saturated heterocycles. The van der Waals surface area contributed by atoms with Crippen LogP contribution in [0.5, 0.6) is 0 Å². The topological polar surface area (TPSA) is 99.2 Å². The van der Waals surface area contributed by atoms with Crippen molar-refractivity contribution >= 4 is 18.0 Å². The Balaban J connectivity index is 1.24. The third-order valence-corrected chi connectivity index (χ3v) is 8.42. The van der Waals surface area contributed by atoms with Gasteiger partial charge in [0.1, 0.15) is 12.6 Å². The summed E-state index contributed by atoms with van der Waals surface area (Å²) in [4.78, 5) is 42.3. The van der Waals surface area contributed by atoms with Gasteiger partial charge in [0.2, 0.25) is 5.91 Å². The number of ether oxygens (including phenoxy) is 1. The van der Waals surface area contributed by atoms with Crippen LogP contribution in [-0.4, -0.2) is 71.2 Å². The van der Waals surface area contributed by atoms with E-state index in [-0.39, 0.29) is 37.3 Å². The smallest absolute Gasteiger partial charge is 0.407 e. The van der Waals surface area contributed by atoms with E-state index in [0.29, 0.717) is 25.6 Å². The average Bonchev–Trinajstić information content (AvgIpc) is 3.32. The Kier molecular flexibility index (Phi) is 9.22. The molecule has 2 N–H and O–H groups in total. The number of piperazine rings is 1. The van der Waals surface area contributed by atoms with Crippen molar-refractivity contribution in [2.75, 3.05) is 26.2 Å². The number of carbonyl (C=O) groups is 3. The van der Waals surface area contributed by atoms with Crippen LogP contribution in [-0.2, 0) is 20.9 Å². The minimum atomic E-state index is -1.02. The molecular formula is C34H39N3O5. The minimum Gasteiger partial charge on any atom is -0.481 e. The number of fused-ring (bicyclic) bond motifs is 3. The van der Waals surface area contributed by atoms with Crippen LogP contribution in [0.2, 0.25) is 0 Å². The summed E-state index contributed by atoms with van der Waals surface area (Å²) in [7, 11) is 0. The predicted octanol–water partition coefficient (Wildman–Crippen LogP) is 5.13. The van der Waals surface area contributed by atoms with Gasteiger partial charge in [-0.15, -0.1) is 0 Å². The zero-order valence-corrected chi connectivity index (χ0v) is 24.2. The minimum absolute atomic E-state index is 0.00502. The van der Waals surface area contributed by atoms with Gasteiger partial charge in [0, 0.05) is 44.6 Å². The third kappa shape index (κ3) is 6.65. The first kappa shape index (κ1) is 29.3. The van der Waals surface area contributed by atoms with Gasteiger partial charge in [-0.05, 0) is 40.2 Å². The van der Waals surface area contributed by atoms with Crippen LogP contribution >= 0.6 is 0 Å². The Labute approximate surface area is 247 Å². The van der Waals surface area contributed by atoms with Gasteiger partial charge >= 0.3 is 12.1 Å². The van der Waals surface area contributed by atoms with Crippen molar-refractivity contribution in [3.05, 3.63) is 95.6 Å². The number of rotatable bonds is 10. The van der Waals surface area contributed by atoms with Crippen LogP contribution in [0.3, 0.4) is 0 Å². The number of aliphatic carboxylic acids is 1. The maximum Gasteiger partial charge on any atom is 0.407 e. The molecule has 1 fully saturated rings. The van der Waals surface area contributed by atoms with Gasteiger partial charge in [-0.25, -0.2) is 4.79 Å². The number of carbonyl (C=O) groups excluding carboxylic acids is 2. The van der Waals surface area contributed by atoms with Gasteiger partial charge in [-0.3, -0.25) is 14.5 Å². The molecule has 1 aliphatic carbocycles. The van der Waals surface area contributed by atoms with Gasteiger partial charge in [-0.2, -0.15) is 0 Å². The lowest BCUT2D eigenvalue weighted by atomic mass is 9.97. The van der Waals surface area contributed by atoms with Crippen LogP contribution in [0.15, 0.2) is 78.9 Å². The first-order chi connectivity index (χ1) is 20.3. The Hall–Kier alpha value is -4.17.